The van der Waals surface area contributed by atoms with Gasteiger partial charge in [0.05, 0.1) is 13.5 Å². The number of amides is 2. The number of rotatable bonds is 7. The van der Waals surface area contributed by atoms with Crippen LogP contribution in [0.2, 0.25) is 0 Å². The lowest BCUT2D eigenvalue weighted by molar-refractivity contribution is -0.132. The summed E-state index contributed by atoms with van der Waals surface area (Å²) in [5, 5.41) is 3.35. The van der Waals surface area contributed by atoms with Gasteiger partial charge in [-0.15, -0.1) is 0 Å². The number of carbonyl (C=O) groups is 2. The average molecular weight is 407 g/mol. The van der Waals surface area contributed by atoms with E-state index < -0.39 is 0 Å². The molecule has 0 aromatic heterocycles. The molecular weight excluding hydrogens is 376 g/mol. The molecule has 0 atom stereocenters. The monoisotopic (exact) mass is 406 g/mol. The number of ether oxygens (including phenoxy) is 1. The maximum absolute atomic E-state index is 12.9. The lowest BCUT2D eigenvalue weighted by Gasteiger charge is -2.43. The summed E-state index contributed by atoms with van der Waals surface area (Å²) in [5.41, 5.74) is 1.46. The second-order valence-electron chi connectivity index (χ2n) is 8.66. The lowest BCUT2D eigenvalue weighted by atomic mass is 9.82. The van der Waals surface area contributed by atoms with Crippen LogP contribution in [0.15, 0.2) is 54.6 Å². The molecular formula is C25H30N2O3. The fourth-order valence-electron chi connectivity index (χ4n) is 4.41. The van der Waals surface area contributed by atoms with E-state index in [-0.39, 0.29) is 17.4 Å². The Bertz CT molecular complexity index is 884. The van der Waals surface area contributed by atoms with Crippen LogP contribution in [0.1, 0.15) is 48.0 Å². The number of hydrogen-bond donors (Lipinski definition) is 1. The smallest absolute Gasteiger partial charge is 0.251 e. The zero-order valence-corrected chi connectivity index (χ0v) is 17.6. The van der Waals surface area contributed by atoms with Crippen LogP contribution in [0.5, 0.6) is 5.75 Å². The summed E-state index contributed by atoms with van der Waals surface area (Å²) in [6.45, 7) is 1.37. The highest BCUT2D eigenvalue weighted by Crippen LogP contribution is 2.40. The highest BCUT2D eigenvalue weighted by molar-refractivity contribution is 5.94. The van der Waals surface area contributed by atoms with E-state index in [2.05, 4.69) is 5.32 Å². The Morgan fingerprint density at radius 1 is 1.07 bits per heavy atom. The fraction of sp³-hybridized carbons (Fsp3) is 0.440. The number of methoxy groups -OCH3 is 1. The molecule has 2 amide bonds. The first-order chi connectivity index (χ1) is 14.6. The van der Waals surface area contributed by atoms with Crippen molar-refractivity contribution in [2.24, 2.45) is 5.92 Å². The summed E-state index contributed by atoms with van der Waals surface area (Å²) in [5.74, 6) is 1.61. The maximum atomic E-state index is 12.9. The second kappa shape index (κ2) is 8.90. The summed E-state index contributed by atoms with van der Waals surface area (Å²) in [6.07, 6.45) is 5.52. The van der Waals surface area contributed by atoms with Crippen LogP contribution < -0.4 is 10.1 Å². The van der Waals surface area contributed by atoms with E-state index in [9.17, 15) is 9.59 Å². The van der Waals surface area contributed by atoms with Crippen molar-refractivity contribution in [1.82, 2.24) is 10.2 Å². The van der Waals surface area contributed by atoms with E-state index in [4.69, 9.17) is 4.74 Å². The molecule has 4 rings (SSSR count). The van der Waals surface area contributed by atoms with Gasteiger partial charge in [-0.05, 0) is 55.0 Å². The van der Waals surface area contributed by atoms with Gasteiger partial charge in [0.2, 0.25) is 5.91 Å². The zero-order chi connectivity index (χ0) is 21.0. The minimum Gasteiger partial charge on any atom is -0.497 e. The summed E-state index contributed by atoms with van der Waals surface area (Å²) < 4.78 is 5.26. The maximum Gasteiger partial charge on any atom is 0.251 e. The van der Waals surface area contributed by atoms with E-state index in [1.807, 2.05) is 59.5 Å². The van der Waals surface area contributed by atoms with Crippen LogP contribution in [-0.2, 0) is 11.2 Å². The molecule has 158 valence electrons. The zero-order valence-electron chi connectivity index (χ0n) is 17.6. The molecule has 0 unspecified atom stereocenters. The number of likely N-dealkylation sites (tertiary alicyclic amines) is 1. The van der Waals surface area contributed by atoms with Gasteiger partial charge in [0.25, 0.3) is 5.91 Å². The molecule has 1 saturated heterocycles. The minimum atomic E-state index is -0.208. The van der Waals surface area contributed by atoms with Crippen LogP contribution in [0.25, 0.3) is 0 Å². The summed E-state index contributed by atoms with van der Waals surface area (Å²) >= 11 is 0. The van der Waals surface area contributed by atoms with Crippen LogP contribution >= 0.6 is 0 Å². The Hall–Kier alpha value is -2.82. The Kier molecular flexibility index (Phi) is 6.07. The summed E-state index contributed by atoms with van der Waals surface area (Å²) in [6, 6.07) is 17.1. The summed E-state index contributed by atoms with van der Waals surface area (Å²) in [4.78, 5) is 27.6. The van der Waals surface area contributed by atoms with E-state index in [0.717, 1.165) is 30.6 Å². The van der Waals surface area contributed by atoms with Crippen molar-refractivity contribution in [2.75, 3.05) is 20.2 Å². The number of piperidine rings is 1. The first kappa shape index (κ1) is 20.5. The molecule has 2 fully saturated rings. The third kappa shape index (κ3) is 5.02. The van der Waals surface area contributed by atoms with Crippen molar-refractivity contribution < 1.29 is 14.3 Å². The highest BCUT2D eigenvalue weighted by atomic mass is 16.5. The van der Waals surface area contributed by atoms with Crippen molar-refractivity contribution in [1.29, 1.82) is 0 Å². The Labute approximate surface area is 178 Å². The van der Waals surface area contributed by atoms with Crippen LogP contribution in [0, 0.1) is 5.92 Å². The van der Waals surface area contributed by atoms with Crippen molar-refractivity contribution in [3.05, 3.63) is 65.7 Å². The molecule has 1 N–H and O–H groups in total. The summed E-state index contributed by atoms with van der Waals surface area (Å²) in [7, 11) is 1.63. The number of nitrogens with zero attached hydrogens (tertiary/aromatic N) is 1. The third-order valence-electron chi connectivity index (χ3n) is 6.35. The van der Waals surface area contributed by atoms with Crippen LogP contribution in [0.3, 0.4) is 0 Å². The van der Waals surface area contributed by atoms with E-state index in [0.29, 0.717) is 31.0 Å². The van der Waals surface area contributed by atoms with Crippen LogP contribution in [0.4, 0.5) is 0 Å². The number of nitrogens with one attached hydrogen (secondary N) is 1. The SMILES string of the molecule is COc1cccc(CC(=O)N2CCC(CC3CC3)(NC(=O)c3ccccc3)CC2)c1. The van der Waals surface area contributed by atoms with Crippen molar-refractivity contribution in [2.45, 2.75) is 44.1 Å². The van der Waals surface area contributed by atoms with E-state index >= 15 is 0 Å². The predicted molar refractivity (Wildman–Crippen MR) is 116 cm³/mol. The lowest BCUT2D eigenvalue weighted by Crippen LogP contribution is -2.56. The molecule has 5 nitrogen and oxygen atoms in total. The van der Waals surface area contributed by atoms with Gasteiger partial charge >= 0.3 is 0 Å². The predicted octanol–water partition coefficient (Wildman–Crippen LogP) is 3.83. The molecule has 2 aromatic carbocycles. The number of carbonyl (C=O) groups excluding carboxylic acids is 2. The molecule has 0 radical (unpaired) electrons. The van der Waals surface area contributed by atoms with Crippen LogP contribution in [-0.4, -0.2) is 42.5 Å². The highest BCUT2D eigenvalue weighted by Gasteiger charge is 2.41. The first-order valence-corrected chi connectivity index (χ1v) is 10.9. The van der Waals surface area contributed by atoms with Gasteiger partial charge in [0, 0.05) is 24.2 Å². The number of benzene rings is 2. The molecule has 0 spiro atoms. The minimum absolute atomic E-state index is 0.00703. The van der Waals surface area contributed by atoms with Gasteiger partial charge in [0.15, 0.2) is 0 Å². The average Bonchev–Trinajstić information content (AvgIpc) is 3.58. The Balaban J connectivity index is 1.38. The normalized spacial score (nSPS) is 18.0. The first-order valence-electron chi connectivity index (χ1n) is 10.9. The van der Waals surface area contributed by atoms with E-state index in [1.54, 1.807) is 7.11 Å². The van der Waals surface area contributed by atoms with Gasteiger partial charge in [-0.3, -0.25) is 9.59 Å². The van der Waals surface area contributed by atoms with Gasteiger partial charge < -0.3 is 15.0 Å². The van der Waals surface area contributed by atoms with E-state index in [1.165, 1.54) is 12.8 Å². The van der Waals surface area contributed by atoms with Gasteiger partial charge in [-0.1, -0.05) is 43.2 Å². The molecule has 1 aliphatic heterocycles. The quantitative estimate of drug-likeness (QED) is 0.760. The Morgan fingerprint density at radius 2 is 1.80 bits per heavy atom. The fourth-order valence-corrected chi connectivity index (χ4v) is 4.41. The van der Waals surface area contributed by atoms with Crippen molar-refractivity contribution in [3.63, 3.8) is 0 Å². The molecule has 30 heavy (non-hydrogen) atoms. The largest absolute Gasteiger partial charge is 0.497 e. The Morgan fingerprint density at radius 3 is 2.47 bits per heavy atom. The molecule has 5 heteroatoms. The standard InChI is InChI=1S/C25H30N2O3/c1-30-22-9-5-6-20(16-22)17-23(28)27-14-12-25(13-15-27,18-19-10-11-19)26-24(29)21-7-3-2-4-8-21/h2-9,16,19H,10-15,17-18H2,1H3,(H,26,29). The topological polar surface area (TPSA) is 58.6 Å². The second-order valence-corrected chi connectivity index (χ2v) is 8.66. The molecule has 2 aromatic rings. The van der Waals surface area contributed by atoms with Crippen molar-refractivity contribution in [3.8, 4) is 5.75 Å². The van der Waals surface area contributed by atoms with Crippen molar-refractivity contribution >= 4 is 11.8 Å². The molecule has 1 heterocycles. The van der Waals surface area contributed by atoms with Gasteiger partial charge in [-0.25, -0.2) is 0 Å². The molecule has 2 aliphatic rings. The molecule has 0 bridgehead atoms. The molecule has 1 aliphatic carbocycles. The third-order valence-corrected chi connectivity index (χ3v) is 6.35. The van der Waals surface area contributed by atoms with Gasteiger partial charge in [-0.2, -0.15) is 0 Å². The van der Waals surface area contributed by atoms with Gasteiger partial charge in [0.1, 0.15) is 5.75 Å². The number of hydrogen-bond acceptors (Lipinski definition) is 3. The molecule has 1 saturated carbocycles.